The first kappa shape index (κ1) is 9.20. The highest BCUT2D eigenvalue weighted by Crippen LogP contribution is 2.49. The van der Waals surface area contributed by atoms with Crippen molar-refractivity contribution >= 4 is 5.78 Å². The molecule has 0 amide bonds. The summed E-state index contributed by atoms with van der Waals surface area (Å²) < 4.78 is 5.42. The van der Waals surface area contributed by atoms with Gasteiger partial charge in [0.15, 0.2) is 5.76 Å². The average molecular weight is 204 g/mol. The van der Waals surface area contributed by atoms with Gasteiger partial charge in [0, 0.05) is 5.92 Å². The first-order chi connectivity index (χ1) is 7.24. The van der Waals surface area contributed by atoms with Crippen LogP contribution >= 0.6 is 0 Å². The second kappa shape index (κ2) is 3.22. The molecule has 0 radical (unpaired) electrons. The Labute approximate surface area is 89.7 Å². The Morgan fingerprint density at radius 3 is 2.73 bits per heavy atom. The highest BCUT2D eigenvalue weighted by atomic mass is 16.3. The highest BCUT2D eigenvalue weighted by molar-refractivity contribution is 5.95. The zero-order valence-corrected chi connectivity index (χ0v) is 9.03. The minimum absolute atomic E-state index is 0.246. The van der Waals surface area contributed by atoms with Gasteiger partial charge in [-0.15, -0.1) is 0 Å². The number of Topliss-reactive ketones (excluding diaryl/α,β-unsaturated/α-hetero) is 1. The molecule has 3 unspecified atom stereocenters. The van der Waals surface area contributed by atoms with Crippen LogP contribution in [0.3, 0.4) is 0 Å². The molecule has 15 heavy (non-hydrogen) atoms. The molecule has 2 bridgehead atoms. The van der Waals surface area contributed by atoms with E-state index in [-0.39, 0.29) is 11.7 Å². The molecule has 0 saturated heterocycles. The number of furan rings is 1. The molecule has 2 fully saturated rings. The van der Waals surface area contributed by atoms with E-state index in [1.807, 2.05) is 19.1 Å². The van der Waals surface area contributed by atoms with Gasteiger partial charge in [-0.3, -0.25) is 4.79 Å². The largest absolute Gasteiger partial charge is 0.458 e. The van der Waals surface area contributed by atoms with Crippen molar-refractivity contribution in [1.29, 1.82) is 0 Å². The highest BCUT2D eigenvalue weighted by Gasteiger charge is 2.43. The summed E-state index contributed by atoms with van der Waals surface area (Å²) in [5.74, 6) is 3.38. The molecule has 2 aliphatic carbocycles. The third kappa shape index (κ3) is 1.43. The van der Waals surface area contributed by atoms with Crippen LogP contribution in [-0.2, 0) is 0 Å². The van der Waals surface area contributed by atoms with E-state index < -0.39 is 0 Å². The van der Waals surface area contributed by atoms with E-state index in [0.717, 1.165) is 18.1 Å². The van der Waals surface area contributed by atoms with E-state index in [4.69, 9.17) is 4.42 Å². The smallest absolute Gasteiger partial charge is 0.201 e. The first-order valence-electron chi connectivity index (χ1n) is 5.84. The Morgan fingerprint density at radius 1 is 1.33 bits per heavy atom. The summed E-state index contributed by atoms with van der Waals surface area (Å²) >= 11 is 0. The van der Waals surface area contributed by atoms with Crippen molar-refractivity contribution in [3.8, 4) is 0 Å². The zero-order valence-electron chi connectivity index (χ0n) is 9.03. The van der Waals surface area contributed by atoms with Gasteiger partial charge in [0.2, 0.25) is 5.78 Å². The maximum Gasteiger partial charge on any atom is 0.201 e. The summed E-state index contributed by atoms with van der Waals surface area (Å²) in [5, 5.41) is 0. The third-order valence-corrected chi connectivity index (χ3v) is 4.06. The normalized spacial score (nSPS) is 33.5. The lowest BCUT2D eigenvalue weighted by Crippen LogP contribution is -2.20. The summed E-state index contributed by atoms with van der Waals surface area (Å²) in [4.78, 5) is 12.2. The van der Waals surface area contributed by atoms with Gasteiger partial charge < -0.3 is 4.42 Å². The lowest BCUT2D eigenvalue weighted by atomic mass is 9.85. The van der Waals surface area contributed by atoms with Crippen LogP contribution in [0.5, 0.6) is 0 Å². The maximum absolute atomic E-state index is 12.2. The molecule has 2 saturated carbocycles. The molecule has 2 nitrogen and oxygen atoms in total. The molecule has 2 heteroatoms. The molecule has 0 aromatic carbocycles. The molecular formula is C13H16O2. The fourth-order valence-corrected chi connectivity index (χ4v) is 3.32. The standard InChI is InChI=1S/C13H16O2/c1-8-2-5-12(15-8)13(14)11-7-9-3-4-10(11)6-9/h2,5,9-11H,3-4,6-7H2,1H3. The number of fused-ring (bicyclic) bond motifs is 2. The Balaban J connectivity index is 1.81. The second-order valence-electron chi connectivity index (χ2n) is 5.06. The summed E-state index contributed by atoms with van der Waals surface area (Å²) in [6.07, 6.45) is 4.96. The molecule has 0 spiro atoms. The van der Waals surface area contributed by atoms with Gasteiger partial charge in [-0.05, 0) is 50.2 Å². The van der Waals surface area contributed by atoms with Gasteiger partial charge in [-0.25, -0.2) is 0 Å². The van der Waals surface area contributed by atoms with Crippen molar-refractivity contribution in [2.24, 2.45) is 17.8 Å². The fourth-order valence-electron chi connectivity index (χ4n) is 3.32. The maximum atomic E-state index is 12.2. The topological polar surface area (TPSA) is 30.2 Å². The van der Waals surface area contributed by atoms with Crippen LogP contribution in [0.2, 0.25) is 0 Å². The van der Waals surface area contributed by atoms with Crippen molar-refractivity contribution in [1.82, 2.24) is 0 Å². The van der Waals surface area contributed by atoms with Gasteiger partial charge in [-0.1, -0.05) is 6.42 Å². The zero-order chi connectivity index (χ0) is 10.4. The molecule has 1 aromatic heterocycles. The van der Waals surface area contributed by atoms with Crippen LogP contribution in [-0.4, -0.2) is 5.78 Å². The molecule has 3 atom stereocenters. The van der Waals surface area contributed by atoms with Crippen molar-refractivity contribution in [2.45, 2.75) is 32.6 Å². The lowest BCUT2D eigenvalue weighted by molar-refractivity contribution is 0.0844. The summed E-state index contributed by atoms with van der Waals surface area (Å²) in [6, 6.07) is 3.70. The van der Waals surface area contributed by atoms with Gasteiger partial charge in [0.05, 0.1) is 0 Å². The van der Waals surface area contributed by atoms with Crippen LogP contribution in [0.25, 0.3) is 0 Å². The summed E-state index contributed by atoms with van der Waals surface area (Å²) in [7, 11) is 0. The Bertz CT molecular complexity index is 391. The average Bonchev–Trinajstić information content (AvgIpc) is 2.90. The van der Waals surface area contributed by atoms with E-state index in [0.29, 0.717) is 11.7 Å². The number of hydrogen-bond acceptors (Lipinski definition) is 2. The van der Waals surface area contributed by atoms with Crippen molar-refractivity contribution in [3.05, 3.63) is 23.7 Å². The van der Waals surface area contributed by atoms with Crippen molar-refractivity contribution in [2.75, 3.05) is 0 Å². The monoisotopic (exact) mass is 204 g/mol. The van der Waals surface area contributed by atoms with Gasteiger partial charge >= 0.3 is 0 Å². The van der Waals surface area contributed by atoms with Crippen LogP contribution in [0.1, 0.15) is 42.0 Å². The van der Waals surface area contributed by atoms with Crippen molar-refractivity contribution < 1.29 is 9.21 Å². The number of rotatable bonds is 2. The second-order valence-corrected chi connectivity index (χ2v) is 5.06. The van der Waals surface area contributed by atoms with Gasteiger partial charge in [0.25, 0.3) is 0 Å². The predicted molar refractivity (Wildman–Crippen MR) is 56.7 cm³/mol. The van der Waals surface area contributed by atoms with E-state index in [2.05, 4.69) is 0 Å². The molecular weight excluding hydrogens is 188 g/mol. The number of carbonyl (C=O) groups is 1. The molecule has 80 valence electrons. The minimum atomic E-state index is 0.246. The quantitative estimate of drug-likeness (QED) is 0.692. The molecule has 0 N–H and O–H groups in total. The summed E-state index contributed by atoms with van der Waals surface area (Å²) in [6.45, 7) is 1.89. The fraction of sp³-hybridized carbons (Fsp3) is 0.615. The lowest BCUT2D eigenvalue weighted by Gasteiger charge is -2.18. The molecule has 2 aliphatic rings. The first-order valence-corrected chi connectivity index (χ1v) is 5.84. The van der Waals surface area contributed by atoms with E-state index >= 15 is 0 Å². The third-order valence-electron chi connectivity index (χ3n) is 4.06. The molecule has 3 rings (SSSR count). The van der Waals surface area contributed by atoms with Crippen LogP contribution in [0.15, 0.2) is 16.5 Å². The van der Waals surface area contributed by atoms with Gasteiger partial charge in [-0.2, -0.15) is 0 Å². The molecule has 0 aliphatic heterocycles. The predicted octanol–water partition coefficient (Wildman–Crippen LogP) is 3.21. The number of hydrogen-bond donors (Lipinski definition) is 0. The summed E-state index contributed by atoms with van der Waals surface area (Å²) in [5.41, 5.74) is 0. The van der Waals surface area contributed by atoms with E-state index in [1.165, 1.54) is 19.3 Å². The Morgan fingerprint density at radius 2 is 2.20 bits per heavy atom. The molecule has 1 heterocycles. The number of aryl methyl sites for hydroxylation is 1. The Kier molecular flexibility index (Phi) is 1.98. The Hall–Kier alpha value is -1.05. The van der Waals surface area contributed by atoms with Crippen LogP contribution in [0, 0.1) is 24.7 Å². The SMILES string of the molecule is Cc1ccc(C(=O)C2CC3CCC2C3)o1. The number of carbonyl (C=O) groups excluding carboxylic acids is 1. The minimum Gasteiger partial charge on any atom is -0.458 e. The van der Waals surface area contributed by atoms with Gasteiger partial charge in [0.1, 0.15) is 5.76 Å². The van der Waals surface area contributed by atoms with Crippen LogP contribution in [0.4, 0.5) is 0 Å². The molecule has 1 aromatic rings. The van der Waals surface area contributed by atoms with E-state index in [9.17, 15) is 4.79 Å². The van der Waals surface area contributed by atoms with Crippen LogP contribution < -0.4 is 0 Å². The van der Waals surface area contributed by atoms with E-state index in [1.54, 1.807) is 0 Å². The van der Waals surface area contributed by atoms with Crippen molar-refractivity contribution in [3.63, 3.8) is 0 Å². The number of ketones is 1.